The van der Waals surface area contributed by atoms with E-state index in [0.29, 0.717) is 26.9 Å². The summed E-state index contributed by atoms with van der Waals surface area (Å²) in [5, 5.41) is 0.890. The van der Waals surface area contributed by atoms with E-state index in [0.717, 1.165) is 4.90 Å². The molecule has 0 unspecified atom stereocenters. The topological polar surface area (TPSA) is 63.7 Å². The molecule has 7 heteroatoms. The normalized spacial score (nSPS) is 15.1. The lowest BCUT2D eigenvalue weighted by Gasteiger charge is -2.31. The van der Waals surface area contributed by atoms with Crippen molar-refractivity contribution < 1.29 is 19.1 Å². The number of esters is 1. The summed E-state index contributed by atoms with van der Waals surface area (Å²) in [4.78, 5) is 38.2. The number of carbonyl (C=O) groups is 3. The number of rotatable bonds is 4. The number of imide groups is 1. The molecule has 5 nitrogen and oxygen atoms in total. The Morgan fingerprint density at radius 1 is 1.04 bits per heavy atom. The van der Waals surface area contributed by atoms with Gasteiger partial charge in [0.05, 0.1) is 17.9 Å². The van der Waals surface area contributed by atoms with Crippen molar-refractivity contribution in [2.24, 2.45) is 0 Å². The Kier molecular flexibility index (Phi) is 5.82. The van der Waals surface area contributed by atoms with Gasteiger partial charge in [-0.25, -0.2) is 4.79 Å². The van der Waals surface area contributed by atoms with Gasteiger partial charge in [-0.1, -0.05) is 29.3 Å². The number of ether oxygens (including phenoxy) is 1. The van der Waals surface area contributed by atoms with Gasteiger partial charge in [0.2, 0.25) is 11.8 Å². The van der Waals surface area contributed by atoms with E-state index in [9.17, 15) is 14.4 Å². The third-order valence-electron chi connectivity index (χ3n) is 4.39. The SMILES string of the molecule is CCOC(=O)c1ccc(N2C(=O)CC(c3c(Cl)cccc3Cl)CC2=O)cc1. The van der Waals surface area contributed by atoms with Gasteiger partial charge in [-0.15, -0.1) is 0 Å². The monoisotopic (exact) mass is 405 g/mol. The first kappa shape index (κ1) is 19.4. The lowest BCUT2D eigenvalue weighted by molar-refractivity contribution is -0.129. The number of halogens is 2. The van der Waals surface area contributed by atoms with Crippen molar-refractivity contribution in [3.05, 3.63) is 63.6 Å². The maximum atomic E-state index is 12.7. The van der Waals surface area contributed by atoms with Crippen molar-refractivity contribution >= 4 is 46.7 Å². The van der Waals surface area contributed by atoms with E-state index < -0.39 is 5.97 Å². The molecule has 1 fully saturated rings. The summed E-state index contributed by atoms with van der Waals surface area (Å²) in [6.45, 7) is 1.99. The zero-order valence-electron chi connectivity index (χ0n) is 14.6. The Hall–Kier alpha value is -2.37. The first-order valence-corrected chi connectivity index (χ1v) is 9.24. The van der Waals surface area contributed by atoms with Crippen LogP contribution in [0.25, 0.3) is 0 Å². The zero-order chi connectivity index (χ0) is 19.6. The highest BCUT2D eigenvalue weighted by atomic mass is 35.5. The predicted molar refractivity (Wildman–Crippen MR) is 103 cm³/mol. The smallest absolute Gasteiger partial charge is 0.338 e. The molecule has 1 aliphatic rings. The summed E-state index contributed by atoms with van der Waals surface area (Å²) in [6.07, 6.45) is 0.240. The minimum absolute atomic E-state index is 0.120. The summed E-state index contributed by atoms with van der Waals surface area (Å²) in [5.41, 5.74) is 1.40. The maximum Gasteiger partial charge on any atom is 0.338 e. The lowest BCUT2D eigenvalue weighted by Crippen LogP contribution is -2.42. The molecule has 1 heterocycles. The van der Waals surface area contributed by atoms with E-state index in [-0.39, 0.29) is 37.2 Å². The van der Waals surface area contributed by atoms with E-state index in [4.69, 9.17) is 27.9 Å². The average Bonchev–Trinajstić information content (AvgIpc) is 2.62. The van der Waals surface area contributed by atoms with Crippen molar-refractivity contribution in [1.29, 1.82) is 0 Å². The Balaban J connectivity index is 1.81. The van der Waals surface area contributed by atoms with Crippen molar-refractivity contribution in [3.8, 4) is 0 Å². The summed E-state index contributed by atoms with van der Waals surface area (Å²) in [7, 11) is 0. The average molecular weight is 406 g/mol. The molecule has 2 aromatic carbocycles. The fourth-order valence-electron chi connectivity index (χ4n) is 3.17. The van der Waals surface area contributed by atoms with E-state index >= 15 is 0 Å². The molecule has 2 aromatic rings. The van der Waals surface area contributed by atoms with Gasteiger partial charge in [-0.2, -0.15) is 0 Å². The predicted octanol–water partition coefficient (Wildman–Crippen LogP) is 4.61. The van der Waals surface area contributed by atoms with Crippen LogP contribution in [0.1, 0.15) is 41.6 Å². The molecule has 0 bridgehead atoms. The molecule has 1 aliphatic heterocycles. The fourth-order valence-corrected chi connectivity index (χ4v) is 3.88. The molecule has 3 rings (SSSR count). The van der Waals surface area contributed by atoms with Crippen LogP contribution < -0.4 is 4.90 Å². The molecule has 0 atom stereocenters. The van der Waals surface area contributed by atoms with Crippen LogP contribution in [0.2, 0.25) is 10.0 Å². The number of hydrogen-bond donors (Lipinski definition) is 0. The second-order valence-corrected chi connectivity index (χ2v) is 6.95. The van der Waals surface area contributed by atoms with Crippen LogP contribution in [0.15, 0.2) is 42.5 Å². The third kappa shape index (κ3) is 3.99. The summed E-state index contributed by atoms with van der Waals surface area (Å²) in [5.74, 6) is -1.48. The Morgan fingerprint density at radius 2 is 1.59 bits per heavy atom. The lowest BCUT2D eigenvalue weighted by atomic mass is 9.88. The summed E-state index contributed by atoms with van der Waals surface area (Å²) in [6, 6.07) is 11.3. The number of nitrogens with zero attached hydrogens (tertiary/aromatic N) is 1. The first-order chi connectivity index (χ1) is 12.9. The van der Waals surface area contributed by atoms with Gasteiger partial charge >= 0.3 is 5.97 Å². The summed E-state index contributed by atoms with van der Waals surface area (Å²) >= 11 is 12.4. The molecule has 0 N–H and O–H groups in total. The molecule has 0 aromatic heterocycles. The minimum atomic E-state index is -0.450. The quantitative estimate of drug-likeness (QED) is 0.550. The van der Waals surface area contributed by atoms with Crippen LogP contribution in [0.5, 0.6) is 0 Å². The Bertz CT molecular complexity index is 857. The molecule has 0 aliphatic carbocycles. The molecule has 27 heavy (non-hydrogen) atoms. The van der Waals surface area contributed by atoms with E-state index in [1.54, 1.807) is 37.3 Å². The first-order valence-electron chi connectivity index (χ1n) is 8.49. The van der Waals surface area contributed by atoms with Gasteiger partial charge in [-0.3, -0.25) is 14.5 Å². The fraction of sp³-hybridized carbons (Fsp3) is 0.250. The van der Waals surface area contributed by atoms with Crippen molar-refractivity contribution in [1.82, 2.24) is 0 Å². The number of piperidine rings is 1. The Labute approximate surface area is 166 Å². The van der Waals surface area contributed by atoms with Crippen molar-refractivity contribution in [3.63, 3.8) is 0 Å². The maximum absolute atomic E-state index is 12.7. The van der Waals surface area contributed by atoms with Crippen LogP contribution in [0.3, 0.4) is 0 Å². The number of carbonyl (C=O) groups excluding carboxylic acids is 3. The molecular weight excluding hydrogens is 389 g/mol. The second kappa shape index (κ2) is 8.11. The van der Waals surface area contributed by atoms with Crippen LogP contribution in [-0.2, 0) is 14.3 Å². The van der Waals surface area contributed by atoms with Gasteiger partial charge in [0.1, 0.15) is 0 Å². The highest BCUT2D eigenvalue weighted by Crippen LogP contribution is 2.39. The second-order valence-electron chi connectivity index (χ2n) is 6.13. The largest absolute Gasteiger partial charge is 0.462 e. The highest BCUT2D eigenvalue weighted by molar-refractivity contribution is 6.36. The van der Waals surface area contributed by atoms with Crippen LogP contribution in [0, 0.1) is 0 Å². The van der Waals surface area contributed by atoms with Crippen LogP contribution >= 0.6 is 23.2 Å². The third-order valence-corrected chi connectivity index (χ3v) is 5.04. The number of hydrogen-bond acceptors (Lipinski definition) is 4. The van der Waals surface area contributed by atoms with Gasteiger partial charge in [0.15, 0.2) is 0 Å². The standard InChI is InChI=1S/C20H17Cl2NO4/c1-2-27-20(26)12-6-8-14(9-7-12)23-17(24)10-13(11-18(23)25)19-15(21)4-3-5-16(19)22/h3-9,13H,2,10-11H2,1H3. The highest BCUT2D eigenvalue weighted by Gasteiger charge is 2.36. The zero-order valence-corrected chi connectivity index (χ0v) is 16.1. The van der Waals surface area contributed by atoms with Gasteiger partial charge in [-0.05, 0) is 48.9 Å². The van der Waals surface area contributed by atoms with Crippen molar-refractivity contribution in [2.75, 3.05) is 11.5 Å². The summed E-state index contributed by atoms with van der Waals surface area (Å²) < 4.78 is 4.93. The minimum Gasteiger partial charge on any atom is -0.462 e. The number of amides is 2. The van der Waals surface area contributed by atoms with E-state index in [1.165, 1.54) is 12.1 Å². The van der Waals surface area contributed by atoms with E-state index in [2.05, 4.69) is 0 Å². The molecule has 1 saturated heterocycles. The van der Waals surface area contributed by atoms with Gasteiger partial charge in [0, 0.05) is 28.8 Å². The van der Waals surface area contributed by atoms with Crippen LogP contribution in [-0.4, -0.2) is 24.4 Å². The molecule has 0 spiro atoms. The van der Waals surface area contributed by atoms with Crippen molar-refractivity contribution in [2.45, 2.75) is 25.7 Å². The molecule has 0 saturated carbocycles. The number of anilines is 1. The molecule has 140 valence electrons. The molecule has 0 radical (unpaired) electrons. The van der Waals surface area contributed by atoms with Gasteiger partial charge < -0.3 is 4.74 Å². The van der Waals surface area contributed by atoms with E-state index in [1.807, 2.05) is 0 Å². The van der Waals surface area contributed by atoms with Gasteiger partial charge in [0.25, 0.3) is 0 Å². The van der Waals surface area contributed by atoms with Crippen LogP contribution in [0.4, 0.5) is 5.69 Å². The molecular formula is C20H17Cl2NO4. The number of benzene rings is 2. The Morgan fingerprint density at radius 3 is 2.11 bits per heavy atom. The molecule has 2 amide bonds.